The number of hydrogen-bond acceptors (Lipinski definition) is 5. The lowest BCUT2D eigenvalue weighted by molar-refractivity contribution is -0.895. The molecule has 2 aromatic rings. The summed E-state index contributed by atoms with van der Waals surface area (Å²) in [7, 11) is -3.48. The Balaban J connectivity index is 1.47. The molecule has 0 atom stereocenters. The van der Waals surface area contributed by atoms with Gasteiger partial charge in [-0.25, -0.2) is 13.8 Å². The first-order valence-corrected chi connectivity index (χ1v) is 11.9. The summed E-state index contributed by atoms with van der Waals surface area (Å²) in [4.78, 5) is 14.4. The SMILES string of the molecule is Cc1ccc(S(=O)(=O)N2CC[NH+](CC(=O)N/N=C/c3ccc(Br)s3)CC2)cc1. The molecule has 0 bridgehead atoms. The molecule has 1 aromatic heterocycles. The number of nitrogens with one attached hydrogen (secondary N) is 2. The highest BCUT2D eigenvalue weighted by Gasteiger charge is 2.31. The van der Waals surface area contributed by atoms with Crippen molar-refractivity contribution >= 4 is 49.4 Å². The minimum atomic E-state index is -3.48. The van der Waals surface area contributed by atoms with Crippen molar-refractivity contribution in [3.63, 3.8) is 0 Å². The number of thiophene rings is 1. The lowest BCUT2D eigenvalue weighted by Crippen LogP contribution is -3.15. The lowest BCUT2D eigenvalue weighted by Gasteiger charge is -2.31. The van der Waals surface area contributed by atoms with E-state index in [1.807, 2.05) is 19.1 Å². The second-order valence-electron chi connectivity index (χ2n) is 6.58. The zero-order valence-corrected chi connectivity index (χ0v) is 18.6. The first-order valence-electron chi connectivity index (χ1n) is 8.82. The van der Waals surface area contributed by atoms with E-state index >= 15 is 0 Å². The number of benzene rings is 1. The fourth-order valence-corrected chi connectivity index (χ4v) is 5.65. The molecule has 2 N–H and O–H groups in total. The van der Waals surface area contributed by atoms with Crippen LogP contribution in [-0.4, -0.2) is 57.6 Å². The molecule has 1 amide bonds. The molecule has 0 aliphatic carbocycles. The largest absolute Gasteiger partial charge is 0.325 e. The number of sulfonamides is 1. The number of rotatable bonds is 6. The van der Waals surface area contributed by atoms with Crippen LogP contribution in [0.4, 0.5) is 0 Å². The average molecular weight is 486 g/mol. The molecule has 1 aliphatic rings. The summed E-state index contributed by atoms with van der Waals surface area (Å²) in [6, 6.07) is 10.7. The fourth-order valence-electron chi connectivity index (χ4n) is 2.91. The van der Waals surface area contributed by atoms with Crippen molar-refractivity contribution in [2.75, 3.05) is 32.7 Å². The predicted molar refractivity (Wildman–Crippen MR) is 113 cm³/mol. The quantitative estimate of drug-likeness (QED) is 0.470. The zero-order valence-electron chi connectivity index (χ0n) is 15.4. The third-order valence-corrected chi connectivity index (χ3v) is 7.94. The molecule has 10 heteroatoms. The summed E-state index contributed by atoms with van der Waals surface area (Å²) < 4.78 is 27.9. The van der Waals surface area contributed by atoms with E-state index in [4.69, 9.17) is 0 Å². The maximum absolute atomic E-state index is 12.7. The lowest BCUT2D eigenvalue weighted by atomic mass is 10.2. The molecule has 0 spiro atoms. The van der Waals surface area contributed by atoms with E-state index in [-0.39, 0.29) is 12.5 Å². The molecule has 1 saturated heterocycles. The van der Waals surface area contributed by atoms with Crippen molar-refractivity contribution in [3.8, 4) is 0 Å². The van der Waals surface area contributed by atoms with E-state index in [2.05, 4.69) is 26.5 Å². The molecular formula is C18H22BrN4O3S2+. The van der Waals surface area contributed by atoms with Gasteiger partial charge in [-0.3, -0.25) is 4.79 Å². The minimum absolute atomic E-state index is 0.184. The molecule has 1 aliphatic heterocycles. The first-order chi connectivity index (χ1) is 13.3. The van der Waals surface area contributed by atoms with Gasteiger partial charge < -0.3 is 4.90 Å². The molecule has 2 heterocycles. The molecule has 1 aromatic carbocycles. The number of hydrogen-bond donors (Lipinski definition) is 2. The third kappa shape index (κ3) is 5.48. The van der Waals surface area contributed by atoms with Crippen molar-refractivity contribution in [2.24, 2.45) is 5.10 Å². The number of quaternary nitrogens is 1. The van der Waals surface area contributed by atoms with E-state index < -0.39 is 10.0 Å². The van der Waals surface area contributed by atoms with E-state index in [0.717, 1.165) is 19.1 Å². The molecule has 150 valence electrons. The fraction of sp³-hybridized carbons (Fsp3) is 0.333. The van der Waals surface area contributed by atoms with E-state index in [1.54, 1.807) is 30.5 Å². The Labute approximate surface area is 177 Å². The summed E-state index contributed by atoms with van der Waals surface area (Å²) in [5.41, 5.74) is 3.55. The second-order valence-corrected chi connectivity index (χ2v) is 11.0. The molecule has 28 heavy (non-hydrogen) atoms. The van der Waals surface area contributed by atoms with Crippen LogP contribution in [-0.2, 0) is 14.8 Å². The van der Waals surface area contributed by atoms with Crippen molar-refractivity contribution in [3.05, 3.63) is 50.6 Å². The van der Waals surface area contributed by atoms with Gasteiger partial charge in [-0.05, 0) is 47.1 Å². The monoisotopic (exact) mass is 485 g/mol. The molecule has 7 nitrogen and oxygen atoms in total. The van der Waals surface area contributed by atoms with Gasteiger partial charge in [-0.1, -0.05) is 17.7 Å². The predicted octanol–water partition coefficient (Wildman–Crippen LogP) is 0.859. The molecular weight excluding hydrogens is 464 g/mol. The Morgan fingerprint density at radius 1 is 1.25 bits per heavy atom. The average Bonchev–Trinajstić information content (AvgIpc) is 3.08. The zero-order chi connectivity index (χ0) is 20.1. The Morgan fingerprint density at radius 3 is 2.54 bits per heavy atom. The number of halogens is 1. The molecule has 0 radical (unpaired) electrons. The summed E-state index contributed by atoms with van der Waals surface area (Å²) >= 11 is 4.90. The van der Waals surface area contributed by atoms with Crippen molar-refractivity contribution in [2.45, 2.75) is 11.8 Å². The first kappa shape index (κ1) is 21.1. The maximum atomic E-state index is 12.7. The Morgan fingerprint density at radius 2 is 1.93 bits per heavy atom. The number of amides is 1. The highest BCUT2D eigenvalue weighted by molar-refractivity contribution is 9.11. The van der Waals surface area contributed by atoms with Crippen LogP contribution < -0.4 is 10.3 Å². The number of carbonyl (C=O) groups excluding carboxylic acids is 1. The van der Waals surface area contributed by atoms with E-state index in [1.165, 1.54) is 15.6 Å². The van der Waals surface area contributed by atoms with Gasteiger partial charge in [0, 0.05) is 4.88 Å². The van der Waals surface area contributed by atoms with Crippen LogP contribution in [0, 0.1) is 6.92 Å². The number of aryl methyl sites for hydroxylation is 1. The van der Waals surface area contributed by atoms with E-state index in [9.17, 15) is 13.2 Å². The molecule has 3 rings (SSSR count). The van der Waals surface area contributed by atoms with E-state index in [0.29, 0.717) is 31.1 Å². The standard InChI is InChI=1S/C18H21BrN4O3S2/c1-14-2-5-16(6-3-14)28(25,26)23-10-8-22(9-11-23)13-18(24)21-20-12-15-4-7-17(19)27-15/h2-7,12H,8-11,13H2,1H3,(H,21,24)/p+1/b20-12+. The number of piperazine rings is 1. The van der Waals surface area contributed by atoms with Gasteiger partial charge in [0.2, 0.25) is 10.0 Å². The summed E-state index contributed by atoms with van der Waals surface area (Å²) in [5, 5.41) is 3.97. The molecule has 0 saturated carbocycles. The van der Waals surface area contributed by atoms with Gasteiger partial charge in [0.15, 0.2) is 6.54 Å². The van der Waals surface area contributed by atoms with Gasteiger partial charge in [0.1, 0.15) is 0 Å². The molecule has 1 fully saturated rings. The summed E-state index contributed by atoms with van der Waals surface area (Å²) in [5.74, 6) is -0.184. The van der Waals surface area contributed by atoms with Crippen LogP contribution >= 0.6 is 27.3 Å². The number of nitrogens with zero attached hydrogens (tertiary/aromatic N) is 2. The summed E-state index contributed by atoms with van der Waals surface area (Å²) in [6.07, 6.45) is 1.61. The number of hydrazone groups is 1. The van der Waals surface area contributed by atoms with Crippen molar-refractivity contribution < 1.29 is 18.1 Å². The van der Waals surface area contributed by atoms with Gasteiger partial charge in [-0.15, -0.1) is 11.3 Å². The second kappa shape index (κ2) is 9.27. The Bertz CT molecular complexity index is 949. The summed E-state index contributed by atoms with van der Waals surface area (Å²) in [6.45, 7) is 4.15. The van der Waals surface area contributed by atoms with Crippen molar-refractivity contribution in [1.29, 1.82) is 0 Å². The minimum Gasteiger partial charge on any atom is -0.325 e. The Kier molecular flexibility index (Phi) is 7.00. The van der Waals surface area contributed by atoms with Crippen molar-refractivity contribution in [1.82, 2.24) is 9.73 Å². The highest BCUT2D eigenvalue weighted by Crippen LogP contribution is 2.20. The van der Waals surface area contributed by atoms with Crippen LogP contribution in [0.2, 0.25) is 0 Å². The topological polar surface area (TPSA) is 83.3 Å². The van der Waals surface area contributed by atoms with Crippen LogP contribution in [0.5, 0.6) is 0 Å². The van der Waals surface area contributed by atoms with Gasteiger partial charge in [0.05, 0.1) is 41.1 Å². The van der Waals surface area contributed by atoms with Gasteiger partial charge in [0.25, 0.3) is 5.91 Å². The van der Waals surface area contributed by atoms with Crippen LogP contribution in [0.3, 0.4) is 0 Å². The van der Waals surface area contributed by atoms with Crippen LogP contribution in [0.15, 0.2) is 50.2 Å². The third-order valence-electron chi connectivity index (χ3n) is 4.47. The Hall–Kier alpha value is -1.59. The number of carbonyl (C=O) groups is 1. The van der Waals surface area contributed by atoms with Crippen LogP contribution in [0.1, 0.15) is 10.4 Å². The van der Waals surface area contributed by atoms with Crippen LogP contribution in [0.25, 0.3) is 0 Å². The van der Waals surface area contributed by atoms with Gasteiger partial charge in [-0.2, -0.15) is 9.41 Å². The molecule has 0 unspecified atom stereocenters. The maximum Gasteiger partial charge on any atom is 0.295 e. The van der Waals surface area contributed by atoms with Gasteiger partial charge >= 0.3 is 0 Å². The highest BCUT2D eigenvalue weighted by atomic mass is 79.9. The normalized spacial score (nSPS) is 16.5. The smallest absolute Gasteiger partial charge is 0.295 e.